The number of ketones is 1. The van der Waals surface area contributed by atoms with E-state index in [1.54, 1.807) is 55.5 Å². The molecule has 0 aliphatic rings. The normalized spacial score (nSPS) is 11.6. The molecule has 0 spiro atoms. The van der Waals surface area contributed by atoms with Gasteiger partial charge in [-0.3, -0.25) is 9.59 Å². The maximum absolute atomic E-state index is 12.5. The summed E-state index contributed by atoms with van der Waals surface area (Å²) < 4.78 is 5.74. The first-order valence-electron chi connectivity index (χ1n) is 8.97. The summed E-state index contributed by atoms with van der Waals surface area (Å²) in [5.41, 5.74) is 2.69. The lowest BCUT2D eigenvalue weighted by molar-refractivity contribution is 0.0818. The van der Waals surface area contributed by atoms with E-state index in [9.17, 15) is 9.59 Å². The van der Waals surface area contributed by atoms with Crippen molar-refractivity contribution >= 4 is 40.6 Å². The minimum Gasteiger partial charge on any atom is -0.483 e. The van der Waals surface area contributed by atoms with Gasteiger partial charge in [-0.25, -0.2) is 0 Å². The van der Waals surface area contributed by atoms with Crippen LogP contribution >= 0.6 is 23.2 Å². The second kappa shape index (κ2) is 9.12. The summed E-state index contributed by atoms with van der Waals surface area (Å²) >= 11 is 11.8. The van der Waals surface area contributed by atoms with Gasteiger partial charge in [-0.15, -0.1) is 0 Å². The lowest BCUT2D eigenvalue weighted by Gasteiger charge is -2.14. The fraction of sp³-hybridized carbons (Fsp3) is 0.130. The number of Topliss-reactive ketones (excluding diaryl/α,β-unsaturated/α-hetero) is 1. The Morgan fingerprint density at radius 3 is 2.10 bits per heavy atom. The zero-order valence-corrected chi connectivity index (χ0v) is 17.4. The molecule has 29 heavy (non-hydrogen) atoms. The van der Waals surface area contributed by atoms with E-state index in [-0.39, 0.29) is 11.7 Å². The first-order valence-corrected chi connectivity index (χ1v) is 9.73. The number of ether oxygens (including phenoxy) is 1. The maximum Gasteiger partial charge on any atom is 0.255 e. The second-order valence-electron chi connectivity index (χ2n) is 6.60. The molecule has 3 aromatic rings. The molecule has 0 bridgehead atoms. The molecule has 1 amide bonds. The van der Waals surface area contributed by atoms with Crippen LogP contribution in [-0.4, -0.2) is 17.8 Å². The highest BCUT2D eigenvalue weighted by molar-refractivity contribution is 6.42. The molecule has 148 valence electrons. The summed E-state index contributed by atoms with van der Waals surface area (Å²) in [6.45, 7) is 3.68. The van der Waals surface area contributed by atoms with Crippen molar-refractivity contribution in [2.45, 2.75) is 20.0 Å². The molecule has 6 heteroatoms. The van der Waals surface area contributed by atoms with Crippen LogP contribution in [-0.2, 0) is 0 Å². The van der Waals surface area contributed by atoms with Gasteiger partial charge in [0, 0.05) is 16.8 Å². The Morgan fingerprint density at radius 1 is 0.862 bits per heavy atom. The number of benzene rings is 3. The van der Waals surface area contributed by atoms with Gasteiger partial charge in [0.2, 0.25) is 5.78 Å². The number of aryl methyl sites for hydroxylation is 1. The first-order chi connectivity index (χ1) is 13.8. The van der Waals surface area contributed by atoms with Crippen molar-refractivity contribution < 1.29 is 14.3 Å². The van der Waals surface area contributed by atoms with Crippen molar-refractivity contribution in [1.29, 1.82) is 0 Å². The highest BCUT2D eigenvalue weighted by Crippen LogP contribution is 2.24. The van der Waals surface area contributed by atoms with Gasteiger partial charge in [-0.2, -0.15) is 0 Å². The summed E-state index contributed by atoms with van der Waals surface area (Å²) in [4.78, 5) is 24.8. The van der Waals surface area contributed by atoms with Crippen LogP contribution in [0, 0.1) is 6.92 Å². The first kappa shape index (κ1) is 20.9. The van der Waals surface area contributed by atoms with Crippen LogP contribution in [0.4, 0.5) is 5.69 Å². The lowest BCUT2D eigenvalue weighted by atomic mass is 10.1. The Hall–Kier alpha value is -2.82. The van der Waals surface area contributed by atoms with Gasteiger partial charge in [0.1, 0.15) is 5.75 Å². The van der Waals surface area contributed by atoms with Crippen molar-refractivity contribution in [3.05, 3.63) is 93.5 Å². The predicted octanol–water partition coefficient (Wildman–Crippen LogP) is 6.20. The number of carbonyl (C=O) groups excluding carboxylic acids is 2. The van der Waals surface area contributed by atoms with E-state index in [0.29, 0.717) is 32.6 Å². The molecular formula is C23H19Cl2NO3. The topological polar surface area (TPSA) is 55.4 Å². The van der Waals surface area contributed by atoms with Crippen LogP contribution in [0.5, 0.6) is 5.75 Å². The zero-order valence-electron chi connectivity index (χ0n) is 15.9. The number of anilines is 1. The fourth-order valence-electron chi connectivity index (χ4n) is 2.67. The van der Waals surface area contributed by atoms with Crippen LogP contribution in [0.2, 0.25) is 10.0 Å². The Kier molecular flexibility index (Phi) is 6.57. The number of hydrogen-bond donors (Lipinski definition) is 1. The monoisotopic (exact) mass is 427 g/mol. The van der Waals surface area contributed by atoms with Gasteiger partial charge >= 0.3 is 0 Å². The average molecular weight is 428 g/mol. The number of amides is 1. The molecule has 0 heterocycles. The van der Waals surface area contributed by atoms with E-state index < -0.39 is 6.10 Å². The largest absolute Gasteiger partial charge is 0.483 e. The van der Waals surface area contributed by atoms with E-state index in [0.717, 1.165) is 5.56 Å². The summed E-state index contributed by atoms with van der Waals surface area (Å²) in [6.07, 6.45) is -0.630. The molecular weight excluding hydrogens is 409 g/mol. The average Bonchev–Trinajstić information content (AvgIpc) is 2.71. The van der Waals surface area contributed by atoms with E-state index in [4.69, 9.17) is 27.9 Å². The maximum atomic E-state index is 12.5. The molecule has 0 aliphatic heterocycles. The third-order valence-corrected chi connectivity index (χ3v) is 5.05. The van der Waals surface area contributed by atoms with Gasteiger partial charge in [-0.05, 0) is 56.3 Å². The molecule has 0 fully saturated rings. The Labute approximate surface area is 179 Å². The summed E-state index contributed by atoms with van der Waals surface area (Å²) in [7, 11) is 0. The third-order valence-electron chi connectivity index (χ3n) is 4.31. The van der Waals surface area contributed by atoms with Crippen LogP contribution < -0.4 is 10.1 Å². The van der Waals surface area contributed by atoms with Crippen LogP contribution in [0.25, 0.3) is 0 Å². The Bertz CT molecular complexity index is 1030. The summed E-state index contributed by atoms with van der Waals surface area (Å²) in [6, 6.07) is 18.8. The predicted molar refractivity (Wildman–Crippen MR) is 116 cm³/mol. The number of carbonyl (C=O) groups is 2. The summed E-state index contributed by atoms with van der Waals surface area (Å²) in [5.74, 6) is 0.132. The highest BCUT2D eigenvalue weighted by Gasteiger charge is 2.17. The molecule has 1 unspecified atom stereocenters. The SMILES string of the molecule is Cc1ccc(C(=O)C(C)Oc2ccc(NC(=O)c3ccc(Cl)c(Cl)c3)cc2)cc1. The van der Waals surface area contributed by atoms with Gasteiger partial charge in [-0.1, -0.05) is 53.0 Å². The second-order valence-corrected chi connectivity index (χ2v) is 7.41. The summed E-state index contributed by atoms with van der Waals surface area (Å²) in [5, 5.41) is 3.48. The number of nitrogens with one attached hydrogen (secondary N) is 1. The quantitative estimate of drug-likeness (QED) is 0.476. The van der Waals surface area contributed by atoms with Crippen molar-refractivity contribution in [2.24, 2.45) is 0 Å². The molecule has 0 radical (unpaired) electrons. The minimum absolute atomic E-state index is 0.0954. The highest BCUT2D eigenvalue weighted by atomic mass is 35.5. The molecule has 3 rings (SSSR count). The molecule has 0 aromatic heterocycles. The molecule has 0 saturated heterocycles. The van der Waals surface area contributed by atoms with Crippen molar-refractivity contribution in [3.63, 3.8) is 0 Å². The van der Waals surface area contributed by atoms with Crippen LogP contribution in [0.3, 0.4) is 0 Å². The van der Waals surface area contributed by atoms with Crippen molar-refractivity contribution in [2.75, 3.05) is 5.32 Å². The van der Waals surface area contributed by atoms with Gasteiger partial charge in [0.15, 0.2) is 6.10 Å². The van der Waals surface area contributed by atoms with Gasteiger partial charge < -0.3 is 10.1 Å². The number of rotatable bonds is 6. The molecule has 0 aliphatic carbocycles. The van der Waals surface area contributed by atoms with Gasteiger partial charge in [0.25, 0.3) is 5.91 Å². The number of halogens is 2. The molecule has 4 nitrogen and oxygen atoms in total. The molecule has 0 saturated carbocycles. The van der Waals surface area contributed by atoms with E-state index >= 15 is 0 Å². The van der Waals surface area contributed by atoms with Crippen LogP contribution in [0.1, 0.15) is 33.2 Å². The molecule has 1 N–H and O–H groups in total. The lowest BCUT2D eigenvalue weighted by Crippen LogP contribution is -2.23. The number of hydrogen-bond acceptors (Lipinski definition) is 3. The molecule has 3 aromatic carbocycles. The van der Waals surface area contributed by atoms with Crippen molar-refractivity contribution in [1.82, 2.24) is 0 Å². The molecule has 1 atom stereocenters. The Balaban J connectivity index is 1.62. The van der Waals surface area contributed by atoms with Crippen LogP contribution in [0.15, 0.2) is 66.7 Å². The van der Waals surface area contributed by atoms with Crippen molar-refractivity contribution in [3.8, 4) is 5.75 Å². The Morgan fingerprint density at radius 2 is 1.48 bits per heavy atom. The third kappa shape index (κ3) is 5.37. The fourth-order valence-corrected chi connectivity index (χ4v) is 2.97. The van der Waals surface area contributed by atoms with E-state index in [1.807, 2.05) is 19.1 Å². The van der Waals surface area contributed by atoms with E-state index in [2.05, 4.69) is 5.32 Å². The van der Waals surface area contributed by atoms with E-state index in [1.165, 1.54) is 6.07 Å². The standard InChI is InChI=1S/C23H19Cl2NO3/c1-14-3-5-16(6-4-14)22(27)15(2)29-19-10-8-18(9-11-19)26-23(28)17-7-12-20(24)21(25)13-17/h3-13,15H,1-2H3,(H,26,28). The van der Waals surface area contributed by atoms with Gasteiger partial charge in [0.05, 0.1) is 10.0 Å². The minimum atomic E-state index is -0.630. The zero-order chi connectivity index (χ0) is 21.0. The smallest absolute Gasteiger partial charge is 0.255 e.